The highest BCUT2D eigenvalue weighted by Crippen LogP contribution is 2.34. The molecule has 5 nitrogen and oxygen atoms in total. The zero-order valence-electron chi connectivity index (χ0n) is 10.6. The average molecular weight is 343 g/mol. The van der Waals surface area contributed by atoms with E-state index in [0.717, 1.165) is 16.9 Å². The molecule has 0 aliphatic rings. The lowest BCUT2D eigenvalue weighted by atomic mass is 10.0. The first-order valence-electron chi connectivity index (χ1n) is 5.92. The summed E-state index contributed by atoms with van der Waals surface area (Å²) < 4.78 is 29.6. The maximum atomic E-state index is 14.4. The largest absolute Gasteiger partial charge is 0.326 e. The molecule has 3 rings (SSSR count). The topological polar surface area (TPSA) is 63.6 Å². The van der Waals surface area contributed by atoms with Crippen LogP contribution in [0.15, 0.2) is 35.4 Å². The van der Waals surface area contributed by atoms with Crippen molar-refractivity contribution in [1.82, 2.24) is 20.0 Å². The van der Waals surface area contributed by atoms with Gasteiger partial charge < -0.3 is 4.98 Å². The van der Waals surface area contributed by atoms with E-state index >= 15 is 0 Å². The van der Waals surface area contributed by atoms with Gasteiger partial charge in [-0.1, -0.05) is 28.4 Å². The van der Waals surface area contributed by atoms with E-state index in [-0.39, 0.29) is 27.0 Å². The van der Waals surface area contributed by atoms with Gasteiger partial charge in [0, 0.05) is 23.4 Å². The molecular formula is C13H6Cl2F2N4O. The van der Waals surface area contributed by atoms with Gasteiger partial charge in [-0.3, -0.25) is 4.79 Å². The molecule has 0 amide bonds. The summed E-state index contributed by atoms with van der Waals surface area (Å²) in [6.07, 6.45) is 2.16. The summed E-state index contributed by atoms with van der Waals surface area (Å²) in [5, 5.41) is 7.15. The third kappa shape index (κ3) is 2.49. The normalized spacial score (nSPS) is 10.9. The predicted octanol–water partition coefficient (Wildman–Crippen LogP) is 3.21. The molecule has 9 heteroatoms. The number of halogens is 4. The highest BCUT2D eigenvalue weighted by Gasteiger charge is 2.20. The summed E-state index contributed by atoms with van der Waals surface area (Å²) in [6, 6.07) is 3.65. The number of hydrogen-bond donors (Lipinski definition) is 1. The van der Waals surface area contributed by atoms with Crippen molar-refractivity contribution in [3.8, 4) is 16.8 Å². The van der Waals surface area contributed by atoms with Crippen LogP contribution in [0.5, 0.6) is 0 Å². The smallest absolute Gasteiger partial charge is 0.248 e. The van der Waals surface area contributed by atoms with Crippen molar-refractivity contribution in [3.05, 3.63) is 62.8 Å². The summed E-state index contributed by atoms with van der Waals surface area (Å²) in [7, 11) is 0. The Kier molecular flexibility index (Phi) is 3.67. The molecular weight excluding hydrogens is 337 g/mol. The molecule has 1 N–H and O–H groups in total. The third-order valence-corrected chi connectivity index (χ3v) is 3.39. The SMILES string of the molecule is O=c1cc(-c2c(-n3cc(Cl)nn3)ccc(Cl)c2F)c(F)c[nH]1. The van der Waals surface area contributed by atoms with E-state index in [1.165, 1.54) is 18.3 Å². The van der Waals surface area contributed by atoms with Crippen molar-refractivity contribution >= 4 is 23.2 Å². The van der Waals surface area contributed by atoms with Gasteiger partial charge in [0.25, 0.3) is 0 Å². The first kappa shape index (κ1) is 14.7. The number of rotatable bonds is 2. The highest BCUT2D eigenvalue weighted by molar-refractivity contribution is 6.31. The molecule has 112 valence electrons. The van der Waals surface area contributed by atoms with Crippen molar-refractivity contribution in [3.63, 3.8) is 0 Å². The van der Waals surface area contributed by atoms with Crippen LogP contribution in [0.3, 0.4) is 0 Å². The number of H-pyrrole nitrogens is 1. The molecule has 0 saturated heterocycles. The quantitative estimate of drug-likeness (QED) is 0.777. The number of nitrogens with one attached hydrogen (secondary N) is 1. The molecule has 0 atom stereocenters. The van der Waals surface area contributed by atoms with E-state index < -0.39 is 17.2 Å². The van der Waals surface area contributed by atoms with E-state index in [1.807, 2.05) is 0 Å². The molecule has 0 spiro atoms. The molecule has 0 fully saturated rings. The summed E-state index contributed by atoms with van der Waals surface area (Å²) >= 11 is 11.5. The number of pyridine rings is 1. The Balaban J connectivity index is 2.36. The molecule has 2 aromatic heterocycles. The average Bonchev–Trinajstić information content (AvgIpc) is 2.91. The minimum absolute atomic E-state index is 0.0766. The Bertz CT molecular complexity index is 923. The van der Waals surface area contributed by atoms with Crippen LogP contribution in [0.2, 0.25) is 10.2 Å². The Morgan fingerprint density at radius 3 is 2.68 bits per heavy atom. The summed E-state index contributed by atoms with van der Waals surface area (Å²) in [5.74, 6) is -1.69. The minimum atomic E-state index is -0.879. The zero-order chi connectivity index (χ0) is 15.9. The Labute approximate surface area is 132 Å². The summed E-state index contributed by atoms with van der Waals surface area (Å²) in [6.45, 7) is 0. The van der Waals surface area contributed by atoms with E-state index in [1.54, 1.807) is 0 Å². The fourth-order valence-electron chi connectivity index (χ4n) is 1.99. The number of aromatic nitrogens is 4. The Hall–Kier alpha value is -2.25. The predicted molar refractivity (Wildman–Crippen MR) is 77.4 cm³/mol. The number of benzene rings is 1. The number of nitrogens with zero attached hydrogens (tertiary/aromatic N) is 3. The van der Waals surface area contributed by atoms with Crippen LogP contribution >= 0.6 is 23.2 Å². The maximum Gasteiger partial charge on any atom is 0.248 e. The second kappa shape index (κ2) is 5.51. The van der Waals surface area contributed by atoms with Gasteiger partial charge in [-0.2, -0.15) is 0 Å². The lowest BCUT2D eigenvalue weighted by Crippen LogP contribution is -2.08. The first-order chi connectivity index (χ1) is 10.5. The van der Waals surface area contributed by atoms with E-state index in [9.17, 15) is 13.6 Å². The zero-order valence-corrected chi connectivity index (χ0v) is 12.2. The van der Waals surface area contributed by atoms with Gasteiger partial charge in [-0.15, -0.1) is 5.10 Å². The fourth-order valence-corrected chi connectivity index (χ4v) is 2.28. The van der Waals surface area contributed by atoms with Crippen LogP contribution in [-0.2, 0) is 0 Å². The van der Waals surface area contributed by atoms with Gasteiger partial charge in [-0.05, 0) is 12.1 Å². The van der Waals surface area contributed by atoms with E-state index in [0.29, 0.717) is 0 Å². The third-order valence-electron chi connectivity index (χ3n) is 2.93. The van der Waals surface area contributed by atoms with Crippen molar-refractivity contribution in [2.45, 2.75) is 0 Å². The van der Waals surface area contributed by atoms with Crippen LogP contribution in [0, 0.1) is 11.6 Å². The van der Waals surface area contributed by atoms with Crippen LogP contribution in [0.25, 0.3) is 16.8 Å². The van der Waals surface area contributed by atoms with Crippen LogP contribution in [-0.4, -0.2) is 20.0 Å². The monoisotopic (exact) mass is 342 g/mol. The van der Waals surface area contributed by atoms with Gasteiger partial charge in [-0.25, -0.2) is 13.5 Å². The summed E-state index contributed by atoms with van der Waals surface area (Å²) in [5.41, 5.74) is -0.896. The van der Waals surface area contributed by atoms with E-state index in [2.05, 4.69) is 15.3 Å². The Morgan fingerprint density at radius 2 is 2.00 bits per heavy atom. The van der Waals surface area contributed by atoms with Crippen molar-refractivity contribution < 1.29 is 8.78 Å². The van der Waals surface area contributed by atoms with Crippen molar-refractivity contribution in [2.75, 3.05) is 0 Å². The molecule has 3 aromatic rings. The molecule has 2 heterocycles. The second-order valence-electron chi connectivity index (χ2n) is 4.30. The van der Waals surface area contributed by atoms with Crippen molar-refractivity contribution in [1.29, 1.82) is 0 Å². The molecule has 22 heavy (non-hydrogen) atoms. The van der Waals surface area contributed by atoms with Gasteiger partial charge >= 0.3 is 0 Å². The molecule has 0 radical (unpaired) electrons. The molecule has 0 bridgehead atoms. The molecule has 0 unspecified atom stereocenters. The molecule has 0 aliphatic heterocycles. The van der Waals surface area contributed by atoms with Gasteiger partial charge in [0.15, 0.2) is 11.0 Å². The lowest BCUT2D eigenvalue weighted by molar-refractivity contribution is 0.610. The maximum absolute atomic E-state index is 14.4. The van der Waals surface area contributed by atoms with Gasteiger partial charge in [0.05, 0.1) is 16.9 Å². The number of hydrogen-bond acceptors (Lipinski definition) is 3. The molecule has 1 aromatic carbocycles. The van der Waals surface area contributed by atoms with Crippen LogP contribution < -0.4 is 5.56 Å². The van der Waals surface area contributed by atoms with Crippen molar-refractivity contribution in [2.24, 2.45) is 0 Å². The standard InChI is InChI=1S/C13H6Cl2F2N4O/c14-7-1-2-9(21-5-10(15)19-20-21)12(13(7)17)6-3-11(22)18-4-8(6)16/h1-5H,(H,18,22). The van der Waals surface area contributed by atoms with Gasteiger partial charge in [0.2, 0.25) is 5.56 Å². The van der Waals surface area contributed by atoms with E-state index in [4.69, 9.17) is 23.2 Å². The van der Waals surface area contributed by atoms with Gasteiger partial charge in [0.1, 0.15) is 5.82 Å². The number of aromatic amines is 1. The summed E-state index contributed by atoms with van der Waals surface area (Å²) in [4.78, 5) is 13.6. The first-order valence-corrected chi connectivity index (χ1v) is 6.68. The minimum Gasteiger partial charge on any atom is -0.326 e. The fraction of sp³-hybridized carbons (Fsp3) is 0. The lowest BCUT2D eigenvalue weighted by Gasteiger charge is -2.12. The second-order valence-corrected chi connectivity index (χ2v) is 5.09. The van der Waals surface area contributed by atoms with Crippen LogP contribution in [0.1, 0.15) is 0 Å². The molecule has 0 saturated carbocycles. The molecule has 0 aliphatic carbocycles. The van der Waals surface area contributed by atoms with Crippen LogP contribution in [0.4, 0.5) is 8.78 Å². The highest BCUT2D eigenvalue weighted by atomic mass is 35.5. The Morgan fingerprint density at radius 1 is 1.23 bits per heavy atom.